The third-order valence-electron chi connectivity index (χ3n) is 5.80. The Morgan fingerprint density at radius 1 is 1.08 bits per heavy atom. The summed E-state index contributed by atoms with van der Waals surface area (Å²) in [5.74, 6) is -1.05. The molecule has 10 nitrogen and oxygen atoms in total. The van der Waals surface area contributed by atoms with Crippen LogP contribution in [0.4, 0.5) is 13.2 Å². The number of H-pyrrole nitrogens is 1. The van der Waals surface area contributed by atoms with Crippen LogP contribution in [0.2, 0.25) is 0 Å². The zero-order valence-electron chi connectivity index (χ0n) is 19.5. The van der Waals surface area contributed by atoms with Gasteiger partial charge in [-0.3, -0.25) is 19.5 Å². The van der Waals surface area contributed by atoms with Crippen molar-refractivity contribution in [1.82, 2.24) is 20.1 Å². The molecule has 0 spiro atoms. The maximum Gasteiger partial charge on any atom is 0.416 e. The number of β-amino-alcohol motifs (C(OH)–C–C–N with tert-alkyl or cyclic N) is 2. The number of carbonyl (C=O) groups is 2. The summed E-state index contributed by atoms with van der Waals surface area (Å²) in [6.07, 6.45) is -6.55. The predicted molar refractivity (Wildman–Crippen MR) is 128 cm³/mol. The number of amides is 2. The third kappa shape index (κ3) is 5.35. The molecule has 1 aliphatic heterocycles. The second-order valence-electron chi connectivity index (χ2n) is 8.44. The van der Waals surface area contributed by atoms with Crippen LogP contribution in [-0.4, -0.2) is 67.7 Å². The number of aliphatic hydroxyl groups excluding tert-OH is 2. The van der Waals surface area contributed by atoms with E-state index in [1.807, 2.05) is 0 Å². The maximum absolute atomic E-state index is 12.9. The Labute approximate surface area is 211 Å². The largest absolute Gasteiger partial charge is 0.416 e. The summed E-state index contributed by atoms with van der Waals surface area (Å²) in [5.41, 5.74) is 1.79. The van der Waals surface area contributed by atoms with Crippen molar-refractivity contribution in [2.45, 2.75) is 32.2 Å². The van der Waals surface area contributed by atoms with Crippen LogP contribution in [0.5, 0.6) is 0 Å². The van der Waals surface area contributed by atoms with Gasteiger partial charge < -0.3 is 15.1 Å². The van der Waals surface area contributed by atoms with Crippen LogP contribution in [0.1, 0.15) is 43.1 Å². The minimum Gasteiger partial charge on any atom is -0.388 e. The molecule has 1 saturated heterocycles. The highest BCUT2D eigenvalue weighted by Crippen LogP contribution is 2.29. The zero-order valence-corrected chi connectivity index (χ0v) is 20.4. The van der Waals surface area contributed by atoms with E-state index in [2.05, 4.69) is 15.6 Å². The molecule has 4 N–H and O–H groups in total. The molecule has 1 fully saturated rings. The van der Waals surface area contributed by atoms with E-state index in [1.165, 1.54) is 24.0 Å². The predicted octanol–water partition coefficient (Wildman–Crippen LogP) is 1.89. The Balaban J connectivity index is 1.47. The Morgan fingerprint density at radius 2 is 1.68 bits per heavy atom. The Bertz CT molecular complexity index is 1410. The van der Waals surface area contributed by atoms with Crippen LogP contribution in [-0.2, 0) is 6.18 Å². The first-order valence-electron chi connectivity index (χ1n) is 11.0. The third-order valence-corrected chi connectivity index (χ3v) is 6.87. The molecule has 37 heavy (non-hydrogen) atoms. The number of thiophene rings is 1. The van der Waals surface area contributed by atoms with E-state index in [4.69, 9.17) is 0 Å². The molecule has 3 heterocycles. The molecule has 1 aliphatic rings. The molecule has 0 radical (unpaired) electrons. The van der Waals surface area contributed by atoms with Gasteiger partial charge in [0.2, 0.25) is 0 Å². The highest BCUT2D eigenvalue weighted by molar-refractivity contribution is 7.15. The molecule has 1 aromatic carbocycles. The van der Waals surface area contributed by atoms with E-state index in [1.54, 1.807) is 6.92 Å². The number of hydrazone groups is 1. The van der Waals surface area contributed by atoms with Crippen LogP contribution in [0.3, 0.4) is 0 Å². The number of nitrogens with one attached hydrogen (secondary N) is 2. The van der Waals surface area contributed by atoms with Gasteiger partial charge in [0.15, 0.2) is 0 Å². The van der Waals surface area contributed by atoms with E-state index in [0.29, 0.717) is 5.69 Å². The second kappa shape index (κ2) is 9.95. The van der Waals surface area contributed by atoms with Crippen molar-refractivity contribution in [3.05, 3.63) is 73.3 Å². The van der Waals surface area contributed by atoms with Crippen LogP contribution >= 0.6 is 11.3 Å². The first-order valence-corrected chi connectivity index (χ1v) is 11.8. The Kier molecular flexibility index (Phi) is 7.08. The number of halogens is 3. The van der Waals surface area contributed by atoms with Crippen molar-refractivity contribution in [2.75, 3.05) is 13.1 Å². The fourth-order valence-electron chi connectivity index (χ4n) is 3.87. The van der Waals surface area contributed by atoms with Crippen molar-refractivity contribution in [1.29, 1.82) is 0 Å². The number of aliphatic hydroxyl groups is 2. The molecule has 0 aliphatic carbocycles. The zero-order chi connectivity index (χ0) is 27.1. The van der Waals surface area contributed by atoms with Gasteiger partial charge in [0.1, 0.15) is 0 Å². The topological polar surface area (TPSA) is 140 Å². The molecular weight excluding hydrogens is 515 g/mol. The fraction of sp³-hybridized carbons (Fsp3) is 0.304. The van der Waals surface area contributed by atoms with E-state index in [9.17, 15) is 37.8 Å². The molecule has 2 aromatic heterocycles. The van der Waals surface area contributed by atoms with Gasteiger partial charge in [-0.05, 0) is 50.2 Å². The number of benzene rings is 1. The van der Waals surface area contributed by atoms with Gasteiger partial charge in [0, 0.05) is 18.8 Å². The number of alkyl halides is 3. The molecule has 196 valence electrons. The Morgan fingerprint density at radius 3 is 2.27 bits per heavy atom. The van der Waals surface area contributed by atoms with E-state index >= 15 is 0 Å². The summed E-state index contributed by atoms with van der Waals surface area (Å²) in [6, 6.07) is 6.95. The first-order chi connectivity index (χ1) is 17.4. The number of aromatic nitrogens is 2. The monoisotopic (exact) mass is 537 g/mol. The molecule has 14 heteroatoms. The number of carbonyl (C=O) groups excluding carboxylic acids is 2. The SMILES string of the molecule is CC(=NNC(=O)c1ccc(C(=O)N2CC(O)C(O)C2)s1)c1c(C)[nH]n(-c2ccc(C(F)(F)F)cc2)c1=O. The quantitative estimate of drug-likeness (QED) is 0.291. The van der Waals surface area contributed by atoms with Crippen LogP contribution in [0.15, 0.2) is 46.3 Å². The number of hydrogen-bond donors (Lipinski definition) is 4. The second-order valence-corrected chi connectivity index (χ2v) is 9.53. The van der Waals surface area contributed by atoms with Gasteiger partial charge in [0.05, 0.1) is 44.5 Å². The van der Waals surface area contributed by atoms with Gasteiger partial charge in [-0.15, -0.1) is 11.3 Å². The fourth-order valence-corrected chi connectivity index (χ4v) is 4.73. The van der Waals surface area contributed by atoms with E-state index < -0.39 is 41.3 Å². The van der Waals surface area contributed by atoms with Crippen molar-refractivity contribution in [3.63, 3.8) is 0 Å². The van der Waals surface area contributed by atoms with Gasteiger partial charge >= 0.3 is 6.18 Å². The summed E-state index contributed by atoms with van der Waals surface area (Å²) in [4.78, 5) is 39.7. The number of aryl methyl sites for hydroxylation is 1. The van der Waals surface area contributed by atoms with Crippen molar-refractivity contribution < 1.29 is 33.0 Å². The highest BCUT2D eigenvalue weighted by Gasteiger charge is 2.34. The maximum atomic E-state index is 12.9. The molecule has 2 atom stereocenters. The summed E-state index contributed by atoms with van der Waals surface area (Å²) in [6.45, 7) is 3.05. The first kappa shape index (κ1) is 26.3. The number of hydrogen-bond acceptors (Lipinski definition) is 7. The summed E-state index contributed by atoms with van der Waals surface area (Å²) in [7, 11) is 0. The van der Waals surface area contributed by atoms with Crippen molar-refractivity contribution >= 4 is 28.9 Å². The molecule has 0 saturated carbocycles. The van der Waals surface area contributed by atoms with Gasteiger partial charge in [-0.1, -0.05) is 0 Å². The molecule has 2 amide bonds. The van der Waals surface area contributed by atoms with Crippen LogP contribution in [0, 0.1) is 6.92 Å². The number of nitrogens with zero attached hydrogens (tertiary/aromatic N) is 3. The average Bonchev–Trinajstić information content (AvgIpc) is 3.54. The van der Waals surface area contributed by atoms with E-state index in [0.717, 1.165) is 40.3 Å². The van der Waals surface area contributed by atoms with Gasteiger partial charge in [-0.25, -0.2) is 10.1 Å². The lowest BCUT2D eigenvalue weighted by atomic mass is 10.2. The van der Waals surface area contributed by atoms with Crippen molar-refractivity contribution in [2.24, 2.45) is 5.10 Å². The number of aromatic amines is 1. The summed E-state index contributed by atoms with van der Waals surface area (Å²) < 4.78 is 39.6. The average molecular weight is 538 g/mol. The number of rotatable bonds is 5. The van der Waals surface area contributed by atoms with Crippen LogP contribution < -0.4 is 11.0 Å². The lowest BCUT2D eigenvalue weighted by Gasteiger charge is -2.13. The highest BCUT2D eigenvalue weighted by atomic mass is 32.1. The van der Waals surface area contributed by atoms with Gasteiger partial charge in [0.25, 0.3) is 17.4 Å². The molecule has 4 rings (SSSR count). The molecule has 2 unspecified atom stereocenters. The van der Waals surface area contributed by atoms with E-state index in [-0.39, 0.29) is 39.8 Å². The standard InChI is InChI=1S/C23H22F3N5O5S/c1-11(19-12(2)29-31(22(19)36)14-5-3-13(4-6-14)23(24,25)26)27-28-20(34)17-7-8-18(37-17)21(35)30-9-15(32)16(33)10-30/h3-8,15-16,29,32-33H,9-10H2,1-2H3,(H,28,34). The Hall–Kier alpha value is -3.75. The normalized spacial score (nSPS) is 18.4. The lowest BCUT2D eigenvalue weighted by Crippen LogP contribution is -2.29. The summed E-state index contributed by atoms with van der Waals surface area (Å²) >= 11 is 0.909. The molecule has 0 bridgehead atoms. The number of likely N-dealkylation sites (tertiary alicyclic amines) is 1. The molecular formula is C23H22F3N5O5S. The van der Waals surface area contributed by atoms with Crippen molar-refractivity contribution in [3.8, 4) is 5.69 Å². The lowest BCUT2D eigenvalue weighted by molar-refractivity contribution is -0.137. The minimum atomic E-state index is -4.50. The minimum absolute atomic E-state index is 0.0110. The van der Waals surface area contributed by atoms with Gasteiger partial charge in [-0.2, -0.15) is 18.3 Å². The molecule has 3 aromatic rings. The summed E-state index contributed by atoms with van der Waals surface area (Å²) in [5, 5.41) is 26.0. The smallest absolute Gasteiger partial charge is 0.388 e. The van der Waals surface area contributed by atoms with Crippen LogP contribution in [0.25, 0.3) is 5.69 Å².